The van der Waals surface area contributed by atoms with Gasteiger partial charge in [-0.15, -0.1) is 0 Å². The molecule has 0 aliphatic carbocycles. The fraction of sp³-hybridized carbons (Fsp3) is 0.417. The molecular formula is C12H15BrO2. The summed E-state index contributed by atoms with van der Waals surface area (Å²) in [6.45, 7) is 5.63. The summed E-state index contributed by atoms with van der Waals surface area (Å²) in [6, 6.07) is 7.31. The van der Waals surface area contributed by atoms with Crippen LogP contribution in [0, 0.1) is 0 Å². The first-order valence-electron chi connectivity index (χ1n) is 4.96. The summed E-state index contributed by atoms with van der Waals surface area (Å²) in [4.78, 5) is 11.9. The van der Waals surface area contributed by atoms with Crippen molar-refractivity contribution in [1.82, 2.24) is 0 Å². The van der Waals surface area contributed by atoms with Crippen molar-refractivity contribution in [2.24, 2.45) is 0 Å². The Morgan fingerprint density at radius 1 is 1.20 bits per heavy atom. The van der Waals surface area contributed by atoms with Gasteiger partial charge in [0.05, 0.1) is 6.10 Å². The Kier molecular flexibility index (Phi) is 4.48. The summed E-state index contributed by atoms with van der Waals surface area (Å²) in [5.41, 5.74) is 0.686. The molecule has 0 aliphatic rings. The molecule has 0 aliphatic heterocycles. The van der Waals surface area contributed by atoms with E-state index in [4.69, 9.17) is 4.74 Å². The lowest BCUT2D eigenvalue weighted by Crippen LogP contribution is -2.24. The molecule has 0 saturated heterocycles. The van der Waals surface area contributed by atoms with Gasteiger partial charge in [-0.2, -0.15) is 0 Å². The van der Waals surface area contributed by atoms with Crippen LogP contribution in [0.1, 0.15) is 31.1 Å². The molecular weight excluding hydrogens is 256 g/mol. The van der Waals surface area contributed by atoms with E-state index < -0.39 is 0 Å². The maximum Gasteiger partial charge on any atom is 0.191 e. The zero-order valence-electron chi connectivity index (χ0n) is 9.16. The molecule has 0 heterocycles. The third-order valence-corrected chi connectivity index (χ3v) is 2.50. The number of benzene rings is 1. The van der Waals surface area contributed by atoms with Crippen molar-refractivity contribution in [2.45, 2.75) is 33.0 Å². The van der Waals surface area contributed by atoms with Gasteiger partial charge in [0.25, 0.3) is 0 Å². The van der Waals surface area contributed by atoms with Crippen molar-refractivity contribution >= 4 is 21.7 Å². The third-order valence-electron chi connectivity index (χ3n) is 1.97. The molecule has 0 bridgehead atoms. The van der Waals surface area contributed by atoms with E-state index in [1.54, 1.807) is 19.1 Å². The lowest BCUT2D eigenvalue weighted by atomic mass is 10.1. The van der Waals surface area contributed by atoms with Crippen molar-refractivity contribution in [3.63, 3.8) is 0 Å². The van der Waals surface area contributed by atoms with Gasteiger partial charge in [0, 0.05) is 10.0 Å². The summed E-state index contributed by atoms with van der Waals surface area (Å²) >= 11 is 3.33. The monoisotopic (exact) mass is 270 g/mol. The van der Waals surface area contributed by atoms with Gasteiger partial charge in [-0.1, -0.05) is 28.1 Å². The average molecular weight is 271 g/mol. The summed E-state index contributed by atoms with van der Waals surface area (Å²) in [5, 5.41) is 0. The van der Waals surface area contributed by atoms with Crippen LogP contribution < -0.4 is 0 Å². The summed E-state index contributed by atoms with van der Waals surface area (Å²) in [6.07, 6.45) is -0.314. The molecule has 3 heteroatoms. The molecule has 0 radical (unpaired) electrons. The molecule has 0 fully saturated rings. The number of carbonyl (C=O) groups excluding carboxylic acids is 1. The van der Waals surface area contributed by atoms with E-state index in [0.29, 0.717) is 5.56 Å². The fourth-order valence-electron chi connectivity index (χ4n) is 1.32. The maximum atomic E-state index is 11.9. The standard InChI is InChI=1S/C12H15BrO2/c1-8(2)15-9(3)12(14)10-4-6-11(13)7-5-10/h4-9H,1-3H3. The van der Waals surface area contributed by atoms with Gasteiger partial charge in [-0.05, 0) is 32.9 Å². The predicted octanol–water partition coefficient (Wildman–Crippen LogP) is 3.45. The average Bonchev–Trinajstić information content (AvgIpc) is 2.17. The largest absolute Gasteiger partial charge is 0.368 e. The van der Waals surface area contributed by atoms with E-state index in [0.717, 1.165) is 4.47 Å². The number of ketones is 1. The lowest BCUT2D eigenvalue weighted by molar-refractivity contribution is 0.0202. The van der Waals surface area contributed by atoms with Gasteiger partial charge in [0.1, 0.15) is 6.10 Å². The van der Waals surface area contributed by atoms with Crippen LogP contribution in [0.5, 0.6) is 0 Å². The molecule has 0 amide bonds. The molecule has 1 atom stereocenters. The Balaban J connectivity index is 2.72. The Morgan fingerprint density at radius 3 is 2.20 bits per heavy atom. The van der Waals surface area contributed by atoms with Crippen LogP contribution in [-0.4, -0.2) is 18.0 Å². The molecule has 82 valence electrons. The van der Waals surface area contributed by atoms with Crippen LogP contribution >= 0.6 is 15.9 Å². The number of hydrogen-bond donors (Lipinski definition) is 0. The van der Waals surface area contributed by atoms with E-state index in [1.807, 2.05) is 26.0 Å². The lowest BCUT2D eigenvalue weighted by Gasteiger charge is -2.14. The van der Waals surface area contributed by atoms with Gasteiger partial charge in [-0.3, -0.25) is 4.79 Å². The van der Waals surface area contributed by atoms with Gasteiger partial charge in [-0.25, -0.2) is 0 Å². The van der Waals surface area contributed by atoms with Crippen LogP contribution in [0.25, 0.3) is 0 Å². The first-order chi connectivity index (χ1) is 7.00. The van der Waals surface area contributed by atoms with E-state index >= 15 is 0 Å². The topological polar surface area (TPSA) is 26.3 Å². The van der Waals surface area contributed by atoms with Gasteiger partial charge < -0.3 is 4.74 Å². The van der Waals surface area contributed by atoms with Crippen molar-refractivity contribution in [3.05, 3.63) is 34.3 Å². The molecule has 0 aromatic heterocycles. The summed E-state index contributed by atoms with van der Waals surface area (Å²) < 4.78 is 6.40. The Morgan fingerprint density at radius 2 is 1.73 bits per heavy atom. The minimum absolute atomic E-state index is 0.0243. The number of hydrogen-bond acceptors (Lipinski definition) is 2. The van der Waals surface area contributed by atoms with Crippen molar-refractivity contribution in [1.29, 1.82) is 0 Å². The van der Waals surface area contributed by atoms with Crippen molar-refractivity contribution in [2.75, 3.05) is 0 Å². The zero-order chi connectivity index (χ0) is 11.4. The minimum atomic E-state index is -0.383. The highest BCUT2D eigenvalue weighted by Crippen LogP contribution is 2.13. The van der Waals surface area contributed by atoms with Crippen LogP contribution in [-0.2, 0) is 4.74 Å². The first-order valence-corrected chi connectivity index (χ1v) is 5.75. The highest BCUT2D eigenvalue weighted by atomic mass is 79.9. The van der Waals surface area contributed by atoms with Crippen LogP contribution in [0.15, 0.2) is 28.7 Å². The maximum absolute atomic E-state index is 11.9. The molecule has 2 nitrogen and oxygen atoms in total. The molecule has 1 aromatic rings. The second kappa shape index (κ2) is 5.42. The predicted molar refractivity (Wildman–Crippen MR) is 64.2 cm³/mol. The van der Waals surface area contributed by atoms with Crippen molar-refractivity contribution in [3.8, 4) is 0 Å². The third kappa shape index (κ3) is 3.76. The second-order valence-electron chi connectivity index (χ2n) is 3.70. The van der Waals surface area contributed by atoms with E-state index in [-0.39, 0.29) is 18.0 Å². The van der Waals surface area contributed by atoms with E-state index in [2.05, 4.69) is 15.9 Å². The molecule has 1 aromatic carbocycles. The first kappa shape index (κ1) is 12.4. The molecule has 0 N–H and O–H groups in total. The number of carbonyl (C=O) groups is 1. The molecule has 15 heavy (non-hydrogen) atoms. The van der Waals surface area contributed by atoms with E-state index in [1.165, 1.54) is 0 Å². The number of halogens is 1. The minimum Gasteiger partial charge on any atom is -0.368 e. The molecule has 0 spiro atoms. The SMILES string of the molecule is CC(C)OC(C)C(=O)c1ccc(Br)cc1. The molecule has 1 unspecified atom stereocenters. The quantitative estimate of drug-likeness (QED) is 0.784. The normalized spacial score (nSPS) is 12.9. The van der Waals surface area contributed by atoms with Gasteiger partial charge >= 0.3 is 0 Å². The van der Waals surface area contributed by atoms with Crippen LogP contribution in [0.3, 0.4) is 0 Å². The highest BCUT2D eigenvalue weighted by molar-refractivity contribution is 9.10. The van der Waals surface area contributed by atoms with Crippen LogP contribution in [0.2, 0.25) is 0 Å². The Labute approximate surface area is 98.8 Å². The van der Waals surface area contributed by atoms with E-state index in [9.17, 15) is 4.79 Å². The summed E-state index contributed by atoms with van der Waals surface area (Å²) in [7, 11) is 0. The van der Waals surface area contributed by atoms with Gasteiger partial charge in [0.2, 0.25) is 0 Å². The number of ether oxygens (including phenoxy) is 1. The molecule has 1 rings (SSSR count). The van der Waals surface area contributed by atoms with Gasteiger partial charge in [0.15, 0.2) is 5.78 Å². The smallest absolute Gasteiger partial charge is 0.191 e. The highest BCUT2D eigenvalue weighted by Gasteiger charge is 2.16. The van der Waals surface area contributed by atoms with Crippen molar-refractivity contribution < 1.29 is 9.53 Å². The fourth-order valence-corrected chi connectivity index (χ4v) is 1.58. The van der Waals surface area contributed by atoms with Crippen LogP contribution in [0.4, 0.5) is 0 Å². The second-order valence-corrected chi connectivity index (χ2v) is 4.61. The number of rotatable bonds is 4. The molecule has 0 saturated carbocycles. The Hall–Kier alpha value is -0.670. The zero-order valence-corrected chi connectivity index (χ0v) is 10.7. The summed E-state index contributed by atoms with van der Waals surface area (Å²) in [5.74, 6) is 0.0243. The Bertz CT molecular complexity index is 330. The number of Topliss-reactive ketones (excluding diaryl/α,β-unsaturated/α-hetero) is 1.